The molecule has 3 fully saturated rings. The average molecular weight is 808 g/mol. The molecule has 4 heterocycles. The summed E-state index contributed by atoms with van der Waals surface area (Å²) in [5.41, 5.74) is 2.50. The number of fused-ring (bicyclic) bond motifs is 1. The maximum atomic E-state index is 13.7. The lowest BCUT2D eigenvalue weighted by atomic mass is 9.49. The van der Waals surface area contributed by atoms with Gasteiger partial charge in [-0.05, 0) is 74.7 Å². The number of piperidine rings is 1. The first-order chi connectivity index (χ1) is 27.7. The first-order valence-corrected chi connectivity index (χ1v) is 20.5. The molecule has 1 atom stereocenters. The van der Waals surface area contributed by atoms with Crippen LogP contribution in [0.25, 0.3) is 0 Å². The quantitative estimate of drug-likeness (QED) is 0.165. The van der Waals surface area contributed by atoms with Gasteiger partial charge in [0.05, 0.1) is 33.0 Å². The number of hydrogen-bond donors (Lipinski definition) is 2. The van der Waals surface area contributed by atoms with Gasteiger partial charge in [-0.15, -0.1) is 0 Å². The number of aryl methyl sites for hydroxylation is 1. The van der Waals surface area contributed by atoms with Gasteiger partial charge in [0.15, 0.2) is 0 Å². The molecule has 1 saturated carbocycles. The Morgan fingerprint density at radius 2 is 1.67 bits per heavy atom. The van der Waals surface area contributed by atoms with Crippen molar-refractivity contribution in [2.75, 3.05) is 37.6 Å². The normalized spacial score (nSPS) is 22.5. The first-order valence-electron chi connectivity index (χ1n) is 20.1. The molecule has 2 aromatic carbocycles. The molecule has 0 radical (unpaired) electrons. The summed E-state index contributed by atoms with van der Waals surface area (Å²) < 4.78 is 6.39. The monoisotopic (exact) mass is 807 g/mol. The summed E-state index contributed by atoms with van der Waals surface area (Å²) in [5.74, 6) is -1.55. The van der Waals surface area contributed by atoms with Crippen LogP contribution in [0.2, 0.25) is 5.02 Å². The van der Waals surface area contributed by atoms with Gasteiger partial charge in [-0.1, -0.05) is 52.1 Å². The molecule has 2 saturated heterocycles. The lowest BCUT2D eigenvalue weighted by Gasteiger charge is -2.63. The summed E-state index contributed by atoms with van der Waals surface area (Å²) >= 11 is 6.26. The molecule has 1 aliphatic carbocycles. The number of rotatable bonds is 13. The van der Waals surface area contributed by atoms with Crippen LogP contribution in [0.15, 0.2) is 54.7 Å². The SMILES string of the molecule is CC1(C)C(NC(=O)c2cccnc2CCCCCCN2CCN(c3ccc4c(c3)C(=O)N(C3CCC(=O)NC3=O)C4=O)CC2)C(C)(C)C1Oc1ccc(C#N)c(Cl)c1. The van der Waals surface area contributed by atoms with Crippen LogP contribution in [0.4, 0.5) is 5.69 Å². The van der Waals surface area contributed by atoms with Gasteiger partial charge in [0.25, 0.3) is 17.7 Å². The largest absolute Gasteiger partial charge is 0.489 e. The number of piperazine rings is 1. The second-order valence-electron chi connectivity index (χ2n) is 17.0. The highest BCUT2D eigenvalue weighted by molar-refractivity contribution is 6.31. The Bertz CT molecular complexity index is 2160. The van der Waals surface area contributed by atoms with Gasteiger partial charge in [0.2, 0.25) is 11.8 Å². The van der Waals surface area contributed by atoms with Crippen LogP contribution < -0.4 is 20.3 Å². The fourth-order valence-corrected chi connectivity index (χ4v) is 9.73. The van der Waals surface area contributed by atoms with Crippen molar-refractivity contribution in [3.05, 3.63) is 87.7 Å². The number of aromatic nitrogens is 1. The zero-order chi connectivity index (χ0) is 41.4. The molecule has 0 spiro atoms. The van der Waals surface area contributed by atoms with Crippen molar-refractivity contribution in [1.82, 2.24) is 25.4 Å². The number of halogens is 1. The van der Waals surface area contributed by atoms with Crippen LogP contribution in [0.1, 0.15) is 109 Å². The minimum atomic E-state index is -0.978. The van der Waals surface area contributed by atoms with Crippen molar-refractivity contribution in [1.29, 1.82) is 5.26 Å². The van der Waals surface area contributed by atoms with E-state index < -0.39 is 29.7 Å². The van der Waals surface area contributed by atoms with Gasteiger partial charge >= 0.3 is 0 Å². The summed E-state index contributed by atoms with van der Waals surface area (Å²) in [4.78, 5) is 74.4. The van der Waals surface area contributed by atoms with E-state index in [2.05, 4.69) is 59.2 Å². The van der Waals surface area contributed by atoms with Gasteiger partial charge in [0, 0.05) is 67.4 Å². The minimum Gasteiger partial charge on any atom is -0.489 e. The molecule has 7 rings (SSSR count). The fraction of sp³-hybridized carbons (Fsp3) is 0.477. The number of imide groups is 2. The van der Waals surface area contributed by atoms with Crippen LogP contribution in [-0.2, 0) is 16.0 Å². The van der Waals surface area contributed by atoms with Crippen molar-refractivity contribution in [3.63, 3.8) is 0 Å². The van der Waals surface area contributed by atoms with Gasteiger partial charge in [-0.2, -0.15) is 5.26 Å². The lowest BCUT2D eigenvalue weighted by Crippen LogP contribution is -2.74. The Morgan fingerprint density at radius 1 is 0.948 bits per heavy atom. The number of anilines is 1. The summed E-state index contributed by atoms with van der Waals surface area (Å²) in [7, 11) is 0. The van der Waals surface area contributed by atoms with E-state index in [0.717, 1.165) is 74.7 Å². The average Bonchev–Trinajstić information content (AvgIpc) is 3.45. The molecule has 3 aliphatic heterocycles. The molecule has 3 aromatic rings. The Balaban J connectivity index is 0.839. The molecule has 304 valence electrons. The van der Waals surface area contributed by atoms with Crippen molar-refractivity contribution in [3.8, 4) is 11.8 Å². The molecule has 1 unspecified atom stereocenters. The van der Waals surface area contributed by atoms with Crippen molar-refractivity contribution < 1.29 is 28.7 Å². The fourth-order valence-electron chi connectivity index (χ4n) is 9.52. The molecule has 2 N–H and O–H groups in total. The van der Waals surface area contributed by atoms with Gasteiger partial charge in [0.1, 0.15) is 24.0 Å². The van der Waals surface area contributed by atoms with E-state index in [4.69, 9.17) is 16.3 Å². The number of amides is 5. The number of nitriles is 1. The Labute approximate surface area is 344 Å². The predicted molar refractivity (Wildman–Crippen MR) is 218 cm³/mol. The maximum Gasteiger partial charge on any atom is 0.262 e. The third-order valence-electron chi connectivity index (χ3n) is 12.4. The van der Waals surface area contributed by atoms with Gasteiger partial charge in [-0.3, -0.25) is 44.1 Å². The Morgan fingerprint density at radius 3 is 2.38 bits per heavy atom. The summed E-state index contributed by atoms with van der Waals surface area (Å²) in [5, 5.41) is 15.1. The standard InChI is InChI=1S/C44H50ClN7O6/c1-43(2)41(44(3,4)42(43)58-29-14-12-27(26-46)33(45)25-29)49-37(54)31-10-9-18-47-34(31)11-7-5-6-8-19-50-20-22-51(23-21-50)28-13-15-30-32(24-28)40(57)52(39(30)56)35-16-17-36(53)48-38(35)55/h9-10,12-15,18,24-25,35,41-42H,5-8,11,16-17,19-23H2,1-4H3,(H,49,54)(H,48,53,55). The van der Waals surface area contributed by atoms with Gasteiger partial charge < -0.3 is 15.0 Å². The van der Waals surface area contributed by atoms with Crippen LogP contribution in [0, 0.1) is 22.2 Å². The highest BCUT2D eigenvalue weighted by Gasteiger charge is 2.64. The topological polar surface area (TPSA) is 165 Å². The second kappa shape index (κ2) is 16.5. The van der Waals surface area contributed by atoms with Crippen LogP contribution >= 0.6 is 11.6 Å². The summed E-state index contributed by atoms with van der Waals surface area (Å²) in [6, 6.07) is 15.0. The van der Waals surface area contributed by atoms with Crippen molar-refractivity contribution in [2.24, 2.45) is 10.8 Å². The molecular weight excluding hydrogens is 758 g/mol. The van der Waals surface area contributed by atoms with E-state index in [1.807, 2.05) is 12.1 Å². The van der Waals surface area contributed by atoms with Gasteiger partial charge in [-0.25, -0.2) is 0 Å². The number of benzene rings is 2. The molecule has 0 bridgehead atoms. The zero-order valence-corrected chi connectivity index (χ0v) is 34.2. The molecule has 14 heteroatoms. The molecule has 13 nitrogen and oxygen atoms in total. The van der Waals surface area contributed by atoms with Crippen molar-refractivity contribution in [2.45, 2.75) is 90.8 Å². The second-order valence-corrected chi connectivity index (χ2v) is 17.4. The van der Waals surface area contributed by atoms with Crippen LogP contribution in [-0.4, -0.2) is 95.2 Å². The van der Waals surface area contributed by atoms with Crippen molar-refractivity contribution >= 4 is 46.8 Å². The van der Waals surface area contributed by atoms with E-state index >= 15 is 0 Å². The Hall–Kier alpha value is -5.32. The Kier molecular flexibility index (Phi) is 11.6. The number of hydrogen-bond acceptors (Lipinski definition) is 10. The zero-order valence-electron chi connectivity index (χ0n) is 33.5. The van der Waals surface area contributed by atoms with Crippen LogP contribution in [0.5, 0.6) is 5.75 Å². The first kappa shape index (κ1) is 40.9. The third-order valence-corrected chi connectivity index (χ3v) is 12.7. The highest BCUT2D eigenvalue weighted by Crippen LogP contribution is 2.55. The summed E-state index contributed by atoms with van der Waals surface area (Å²) in [6.45, 7) is 12.7. The number of pyridine rings is 1. The number of ether oxygens (including phenoxy) is 1. The highest BCUT2D eigenvalue weighted by atomic mass is 35.5. The maximum absolute atomic E-state index is 13.7. The van der Waals surface area contributed by atoms with E-state index in [1.165, 1.54) is 0 Å². The van der Waals surface area contributed by atoms with Crippen LogP contribution in [0.3, 0.4) is 0 Å². The van der Waals surface area contributed by atoms with E-state index in [0.29, 0.717) is 33.9 Å². The number of nitrogens with one attached hydrogen (secondary N) is 2. The van der Waals surface area contributed by atoms with E-state index in [9.17, 15) is 29.2 Å². The minimum absolute atomic E-state index is 0.0871. The number of carbonyl (C=O) groups is 5. The molecular formula is C44H50ClN7O6. The molecule has 5 amide bonds. The molecule has 58 heavy (non-hydrogen) atoms. The third kappa shape index (κ3) is 7.92. The molecule has 4 aliphatic rings. The summed E-state index contributed by atoms with van der Waals surface area (Å²) in [6.07, 6.45) is 6.55. The van der Waals surface area contributed by atoms with E-state index in [-0.39, 0.29) is 47.3 Å². The lowest BCUT2D eigenvalue weighted by molar-refractivity contribution is -0.164. The predicted octanol–water partition coefficient (Wildman–Crippen LogP) is 5.54. The van der Waals surface area contributed by atoms with E-state index in [1.54, 1.807) is 42.6 Å². The number of unbranched alkanes of at least 4 members (excludes halogenated alkanes) is 3. The smallest absolute Gasteiger partial charge is 0.262 e. The number of carbonyl (C=O) groups excluding carboxylic acids is 5. The number of nitrogens with zero attached hydrogens (tertiary/aromatic N) is 5. The molecule has 1 aromatic heterocycles.